The summed E-state index contributed by atoms with van der Waals surface area (Å²) in [5.41, 5.74) is 1.22. The van der Waals surface area contributed by atoms with Gasteiger partial charge in [0, 0.05) is 37.8 Å². The van der Waals surface area contributed by atoms with Crippen LogP contribution >= 0.6 is 11.3 Å². The van der Waals surface area contributed by atoms with Crippen LogP contribution in [-0.2, 0) is 13.1 Å². The molecule has 3 heterocycles. The van der Waals surface area contributed by atoms with E-state index in [1.165, 1.54) is 23.3 Å². The summed E-state index contributed by atoms with van der Waals surface area (Å²) >= 11 is 1.75. The normalized spacial score (nSPS) is 15.0. The van der Waals surface area contributed by atoms with Crippen LogP contribution in [0.1, 0.15) is 23.3 Å². The molecule has 1 fully saturated rings. The van der Waals surface area contributed by atoms with Crippen molar-refractivity contribution in [2.75, 3.05) is 25.0 Å². The third-order valence-electron chi connectivity index (χ3n) is 3.93. The van der Waals surface area contributed by atoms with E-state index < -0.39 is 0 Å². The predicted octanol–water partition coefficient (Wildman–Crippen LogP) is 2.61. The Morgan fingerprint density at radius 1 is 1.26 bits per heavy atom. The van der Waals surface area contributed by atoms with E-state index in [1.807, 2.05) is 6.20 Å². The number of aliphatic imine (C=N–C) groups is 1. The Kier molecular flexibility index (Phi) is 5.47. The Morgan fingerprint density at radius 2 is 2.09 bits per heavy atom. The highest BCUT2D eigenvalue weighted by atomic mass is 32.1. The van der Waals surface area contributed by atoms with Crippen molar-refractivity contribution in [2.45, 2.75) is 25.9 Å². The van der Waals surface area contributed by atoms with E-state index in [2.05, 4.69) is 55.2 Å². The Hall–Kier alpha value is -2.08. The molecule has 0 bridgehead atoms. The molecule has 0 aliphatic carbocycles. The van der Waals surface area contributed by atoms with Crippen LogP contribution in [0.15, 0.2) is 40.8 Å². The summed E-state index contributed by atoms with van der Waals surface area (Å²) in [5.74, 6) is 1.90. The fourth-order valence-electron chi connectivity index (χ4n) is 2.68. The number of nitrogens with one attached hydrogen (secondary N) is 2. The molecule has 6 heteroatoms. The van der Waals surface area contributed by atoms with Crippen LogP contribution in [0.2, 0.25) is 0 Å². The molecule has 2 aromatic heterocycles. The van der Waals surface area contributed by atoms with E-state index in [4.69, 9.17) is 0 Å². The second kappa shape index (κ2) is 7.97. The van der Waals surface area contributed by atoms with Gasteiger partial charge in [0.25, 0.3) is 0 Å². The largest absolute Gasteiger partial charge is 0.357 e. The number of aromatic nitrogens is 1. The molecule has 0 aromatic carbocycles. The molecule has 3 rings (SSSR count). The number of rotatable bonds is 5. The van der Waals surface area contributed by atoms with Gasteiger partial charge in [-0.3, -0.25) is 4.99 Å². The summed E-state index contributed by atoms with van der Waals surface area (Å²) in [7, 11) is 1.80. The van der Waals surface area contributed by atoms with Gasteiger partial charge in [-0.25, -0.2) is 4.98 Å². The summed E-state index contributed by atoms with van der Waals surface area (Å²) in [6.45, 7) is 3.78. The number of thiophene rings is 1. The maximum atomic E-state index is 4.49. The minimum Gasteiger partial charge on any atom is -0.357 e. The highest BCUT2D eigenvalue weighted by Gasteiger charge is 2.13. The molecule has 0 saturated carbocycles. The van der Waals surface area contributed by atoms with Crippen molar-refractivity contribution in [3.05, 3.63) is 46.3 Å². The van der Waals surface area contributed by atoms with Crippen molar-refractivity contribution in [2.24, 2.45) is 4.99 Å². The number of anilines is 1. The molecule has 2 aromatic rings. The van der Waals surface area contributed by atoms with Crippen molar-refractivity contribution >= 4 is 23.1 Å². The number of pyridine rings is 1. The first-order chi connectivity index (χ1) is 11.3. The SMILES string of the molecule is CN=C(NCc1ccnc(N2CCCC2)c1)NCc1cccs1. The number of nitrogens with zero attached hydrogens (tertiary/aromatic N) is 3. The summed E-state index contributed by atoms with van der Waals surface area (Å²) in [4.78, 5) is 12.4. The lowest BCUT2D eigenvalue weighted by molar-refractivity contribution is 0.813. The third kappa shape index (κ3) is 4.45. The minimum absolute atomic E-state index is 0.744. The standard InChI is InChI=1S/C17H23N5S/c1-18-17(21-13-15-5-4-10-23-15)20-12-14-6-7-19-16(11-14)22-8-2-3-9-22/h4-7,10-11H,2-3,8-9,12-13H2,1H3,(H2,18,20,21). The quantitative estimate of drug-likeness (QED) is 0.654. The monoisotopic (exact) mass is 329 g/mol. The van der Waals surface area contributed by atoms with Crippen LogP contribution in [0.4, 0.5) is 5.82 Å². The molecule has 23 heavy (non-hydrogen) atoms. The van der Waals surface area contributed by atoms with E-state index in [9.17, 15) is 0 Å². The van der Waals surface area contributed by atoms with Crippen LogP contribution in [0, 0.1) is 0 Å². The van der Waals surface area contributed by atoms with Crippen LogP contribution < -0.4 is 15.5 Å². The first kappa shape index (κ1) is 15.8. The second-order valence-corrected chi connectivity index (χ2v) is 6.61. The van der Waals surface area contributed by atoms with Gasteiger partial charge < -0.3 is 15.5 Å². The zero-order valence-corrected chi connectivity index (χ0v) is 14.3. The first-order valence-electron chi connectivity index (χ1n) is 8.02. The van der Waals surface area contributed by atoms with Crippen LogP contribution in [-0.4, -0.2) is 31.1 Å². The average Bonchev–Trinajstić information content (AvgIpc) is 3.29. The zero-order valence-electron chi connectivity index (χ0n) is 13.5. The van der Waals surface area contributed by atoms with Gasteiger partial charge in [-0.05, 0) is 42.0 Å². The van der Waals surface area contributed by atoms with Crippen LogP contribution in [0.5, 0.6) is 0 Å². The molecule has 5 nitrogen and oxygen atoms in total. The summed E-state index contributed by atoms with van der Waals surface area (Å²) in [6.07, 6.45) is 4.43. The van der Waals surface area contributed by atoms with Gasteiger partial charge >= 0.3 is 0 Å². The van der Waals surface area contributed by atoms with Crippen molar-refractivity contribution < 1.29 is 0 Å². The predicted molar refractivity (Wildman–Crippen MR) is 97.0 cm³/mol. The maximum absolute atomic E-state index is 4.49. The van der Waals surface area contributed by atoms with Crippen molar-refractivity contribution in [1.29, 1.82) is 0 Å². The Labute approximate surface area is 141 Å². The Balaban J connectivity index is 1.53. The average molecular weight is 329 g/mol. The molecule has 0 atom stereocenters. The molecule has 1 aliphatic heterocycles. The van der Waals surface area contributed by atoms with Crippen molar-refractivity contribution in [1.82, 2.24) is 15.6 Å². The molecule has 122 valence electrons. The van der Waals surface area contributed by atoms with Gasteiger partial charge in [-0.1, -0.05) is 6.07 Å². The molecule has 0 spiro atoms. The molecule has 2 N–H and O–H groups in total. The van der Waals surface area contributed by atoms with E-state index in [0.717, 1.165) is 38.0 Å². The third-order valence-corrected chi connectivity index (χ3v) is 4.81. The van der Waals surface area contributed by atoms with E-state index in [0.29, 0.717) is 0 Å². The minimum atomic E-state index is 0.744. The first-order valence-corrected chi connectivity index (χ1v) is 8.90. The van der Waals surface area contributed by atoms with Gasteiger partial charge in [0.15, 0.2) is 5.96 Å². The van der Waals surface area contributed by atoms with Gasteiger partial charge in [0.1, 0.15) is 5.82 Å². The molecule has 0 unspecified atom stereocenters. The van der Waals surface area contributed by atoms with Crippen molar-refractivity contribution in [3.8, 4) is 0 Å². The molecule has 1 aliphatic rings. The van der Waals surface area contributed by atoms with Gasteiger partial charge in [-0.15, -0.1) is 11.3 Å². The molecule has 0 radical (unpaired) electrons. The molecule has 1 saturated heterocycles. The molecule has 0 amide bonds. The zero-order chi connectivity index (χ0) is 15.9. The smallest absolute Gasteiger partial charge is 0.191 e. The van der Waals surface area contributed by atoms with Crippen LogP contribution in [0.25, 0.3) is 0 Å². The second-order valence-electron chi connectivity index (χ2n) is 5.58. The lowest BCUT2D eigenvalue weighted by Crippen LogP contribution is -2.36. The fourth-order valence-corrected chi connectivity index (χ4v) is 3.32. The summed E-state index contributed by atoms with van der Waals surface area (Å²) in [6, 6.07) is 8.41. The fraction of sp³-hybridized carbons (Fsp3) is 0.412. The topological polar surface area (TPSA) is 52.6 Å². The van der Waals surface area contributed by atoms with Gasteiger partial charge in [-0.2, -0.15) is 0 Å². The molecular weight excluding hydrogens is 306 g/mol. The molecular formula is C17H23N5S. The number of hydrogen-bond donors (Lipinski definition) is 2. The summed E-state index contributed by atoms with van der Waals surface area (Å²) in [5, 5.41) is 8.79. The lowest BCUT2D eigenvalue weighted by atomic mass is 10.2. The summed E-state index contributed by atoms with van der Waals surface area (Å²) < 4.78 is 0. The van der Waals surface area contributed by atoms with Crippen LogP contribution in [0.3, 0.4) is 0 Å². The van der Waals surface area contributed by atoms with Gasteiger partial charge in [0.2, 0.25) is 0 Å². The maximum Gasteiger partial charge on any atom is 0.191 e. The highest BCUT2D eigenvalue weighted by Crippen LogP contribution is 2.18. The number of hydrogen-bond acceptors (Lipinski definition) is 4. The van der Waals surface area contributed by atoms with Gasteiger partial charge in [0.05, 0.1) is 6.54 Å². The number of guanidine groups is 1. The highest BCUT2D eigenvalue weighted by molar-refractivity contribution is 7.09. The van der Waals surface area contributed by atoms with Crippen molar-refractivity contribution in [3.63, 3.8) is 0 Å². The Bertz CT molecular complexity index is 632. The van der Waals surface area contributed by atoms with E-state index in [1.54, 1.807) is 18.4 Å². The van der Waals surface area contributed by atoms with E-state index in [-0.39, 0.29) is 0 Å². The lowest BCUT2D eigenvalue weighted by Gasteiger charge is -2.17. The Morgan fingerprint density at radius 3 is 2.83 bits per heavy atom. The van der Waals surface area contributed by atoms with E-state index >= 15 is 0 Å².